The number of halogens is 5. The van der Waals surface area contributed by atoms with Gasteiger partial charge in [-0.1, -0.05) is 47.5 Å². The topological polar surface area (TPSA) is 66.5 Å². The van der Waals surface area contributed by atoms with Crippen LogP contribution < -0.4 is 9.62 Å². The van der Waals surface area contributed by atoms with Gasteiger partial charge < -0.3 is 5.32 Å². The quantitative estimate of drug-likeness (QED) is 0.310. The molecule has 5 nitrogen and oxygen atoms in total. The van der Waals surface area contributed by atoms with Gasteiger partial charge in [0.25, 0.3) is 0 Å². The number of sulfonamides is 1. The Balaban J connectivity index is 1.79. The third kappa shape index (κ3) is 7.54. The second-order valence-corrected chi connectivity index (χ2v) is 11.2. The standard InChI is InChI=1S/C23H19Cl2F3N2O3S2/c1-35(32,33)30(17-10-11-19(25)18(12-17)23(26,27)28)13-22(31)29-20-4-2-3-5-21(20)34-14-15-6-8-16(24)9-7-15/h2-12H,13-14H2,1H3,(H,29,31). The maximum atomic E-state index is 13.3. The van der Waals surface area contributed by atoms with Crippen LogP contribution in [0.5, 0.6) is 0 Å². The second kappa shape index (κ2) is 11.1. The Bertz CT molecular complexity index is 1320. The smallest absolute Gasteiger partial charge is 0.323 e. The summed E-state index contributed by atoms with van der Waals surface area (Å²) < 4.78 is 65.0. The van der Waals surface area contributed by atoms with E-state index in [0.29, 0.717) is 26.8 Å². The van der Waals surface area contributed by atoms with Crippen LogP contribution in [0.3, 0.4) is 0 Å². The Morgan fingerprint density at radius 2 is 1.69 bits per heavy atom. The van der Waals surface area contributed by atoms with Crippen LogP contribution >= 0.6 is 35.0 Å². The zero-order valence-corrected chi connectivity index (χ0v) is 21.3. The van der Waals surface area contributed by atoms with E-state index in [-0.39, 0.29) is 5.69 Å². The Kier molecular flexibility index (Phi) is 8.63. The zero-order chi connectivity index (χ0) is 25.8. The van der Waals surface area contributed by atoms with Gasteiger partial charge in [0, 0.05) is 15.7 Å². The molecule has 12 heteroatoms. The zero-order valence-electron chi connectivity index (χ0n) is 18.1. The molecule has 0 radical (unpaired) electrons. The molecule has 0 heterocycles. The monoisotopic (exact) mass is 562 g/mol. The molecule has 35 heavy (non-hydrogen) atoms. The fraction of sp³-hybridized carbons (Fsp3) is 0.174. The van der Waals surface area contributed by atoms with Crippen LogP contribution in [0.25, 0.3) is 0 Å². The largest absolute Gasteiger partial charge is 0.417 e. The van der Waals surface area contributed by atoms with Crippen molar-refractivity contribution in [3.8, 4) is 0 Å². The number of benzene rings is 3. The molecule has 0 fully saturated rings. The summed E-state index contributed by atoms with van der Waals surface area (Å²) in [5.74, 6) is -0.136. The van der Waals surface area contributed by atoms with Crippen molar-refractivity contribution in [2.45, 2.75) is 16.8 Å². The molecule has 1 amide bonds. The minimum Gasteiger partial charge on any atom is -0.323 e. The number of para-hydroxylation sites is 1. The summed E-state index contributed by atoms with van der Waals surface area (Å²) in [6.45, 7) is -0.728. The summed E-state index contributed by atoms with van der Waals surface area (Å²) >= 11 is 13.0. The normalized spacial score (nSPS) is 11.8. The molecule has 0 unspecified atom stereocenters. The minimum atomic E-state index is -4.79. The molecular weight excluding hydrogens is 544 g/mol. The highest BCUT2D eigenvalue weighted by molar-refractivity contribution is 7.98. The van der Waals surface area contributed by atoms with Gasteiger partial charge in [0.1, 0.15) is 6.54 Å². The third-order valence-corrected chi connectivity index (χ3v) is 7.57. The van der Waals surface area contributed by atoms with Crippen LogP contribution in [-0.4, -0.2) is 27.1 Å². The van der Waals surface area contributed by atoms with Crippen molar-refractivity contribution in [2.75, 3.05) is 22.4 Å². The van der Waals surface area contributed by atoms with Gasteiger partial charge in [-0.05, 0) is 48.0 Å². The van der Waals surface area contributed by atoms with E-state index >= 15 is 0 Å². The summed E-state index contributed by atoms with van der Waals surface area (Å²) in [7, 11) is -4.09. The van der Waals surface area contributed by atoms with Crippen LogP contribution in [0.2, 0.25) is 10.0 Å². The maximum absolute atomic E-state index is 13.3. The number of rotatable bonds is 8. The highest BCUT2D eigenvalue weighted by atomic mass is 35.5. The van der Waals surface area contributed by atoms with Crippen molar-refractivity contribution in [1.29, 1.82) is 0 Å². The molecule has 3 aromatic carbocycles. The fourth-order valence-electron chi connectivity index (χ4n) is 3.04. The molecule has 0 saturated heterocycles. The minimum absolute atomic E-state index is 0.329. The van der Waals surface area contributed by atoms with E-state index in [9.17, 15) is 26.4 Å². The molecule has 0 bridgehead atoms. The van der Waals surface area contributed by atoms with Crippen molar-refractivity contribution in [3.05, 3.63) is 87.9 Å². The Morgan fingerprint density at radius 1 is 1.03 bits per heavy atom. The van der Waals surface area contributed by atoms with Crippen LogP contribution in [0.1, 0.15) is 11.1 Å². The van der Waals surface area contributed by atoms with Crippen molar-refractivity contribution in [1.82, 2.24) is 0 Å². The van der Waals surface area contributed by atoms with Crippen molar-refractivity contribution in [2.24, 2.45) is 0 Å². The number of carbonyl (C=O) groups is 1. The first-order valence-corrected chi connectivity index (χ1v) is 13.5. The highest BCUT2D eigenvalue weighted by Crippen LogP contribution is 2.37. The molecule has 0 aliphatic carbocycles. The predicted molar refractivity (Wildman–Crippen MR) is 135 cm³/mol. The SMILES string of the molecule is CS(=O)(=O)N(CC(=O)Nc1ccccc1SCc1ccc(Cl)cc1)c1ccc(Cl)c(C(F)(F)F)c1. The van der Waals surface area contributed by atoms with E-state index < -0.39 is 39.2 Å². The van der Waals surface area contributed by atoms with Gasteiger partial charge in [-0.15, -0.1) is 11.8 Å². The molecule has 0 aliphatic heterocycles. The summed E-state index contributed by atoms with van der Waals surface area (Å²) in [5, 5.41) is 2.69. The Labute approximate surface area is 215 Å². The molecule has 186 valence electrons. The number of thioether (sulfide) groups is 1. The first-order chi connectivity index (χ1) is 16.3. The molecule has 0 atom stereocenters. The molecule has 0 aliphatic rings. The first kappa shape index (κ1) is 27.2. The molecule has 0 aromatic heterocycles. The summed E-state index contributed by atoms with van der Waals surface area (Å²) in [6, 6.07) is 16.9. The number of alkyl halides is 3. The van der Waals surface area contributed by atoms with Gasteiger partial charge in [0.05, 0.1) is 28.2 Å². The number of nitrogens with one attached hydrogen (secondary N) is 1. The summed E-state index contributed by atoms with van der Waals surface area (Å²) in [5.41, 5.74) is -0.0802. The van der Waals surface area contributed by atoms with E-state index in [1.807, 2.05) is 12.1 Å². The molecular formula is C23H19Cl2F3N2O3S2. The number of amides is 1. The lowest BCUT2D eigenvalue weighted by molar-refractivity contribution is -0.137. The van der Waals surface area contributed by atoms with Gasteiger partial charge in [-0.25, -0.2) is 8.42 Å². The van der Waals surface area contributed by atoms with Crippen LogP contribution in [0.15, 0.2) is 71.6 Å². The van der Waals surface area contributed by atoms with Crippen molar-refractivity contribution < 1.29 is 26.4 Å². The van der Waals surface area contributed by atoms with Crippen LogP contribution in [-0.2, 0) is 26.7 Å². The maximum Gasteiger partial charge on any atom is 0.417 e. The van der Waals surface area contributed by atoms with Gasteiger partial charge in [-0.3, -0.25) is 9.10 Å². The fourth-order valence-corrected chi connectivity index (χ4v) is 5.21. The second-order valence-electron chi connectivity index (χ2n) is 7.39. The number of anilines is 2. The van der Waals surface area contributed by atoms with Gasteiger partial charge in [-0.2, -0.15) is 13.2 Å². The van der Waals surface area contributed by atoms with Gasteiger partial charge in [0.15, 0.2) is 0 Å². The Morgan fingerprint density at radius 3 is 2.31 bits per heavy atom. The summed E-state index contributed by atoms with van der Waals surface area (Å²) in [4.78, 5) is 13.5. The lowest BCUT2D eigenvalue weighted by atomic mass is 10.2. The van der Waals surface area contributed by atoms with Crippen molar-refractivity contribution in [3.63, 3.8) is 0 Å². The molecule has 1 N–H and O–H groups in total. The Hall–Kier alpha value is -2.40. The molecule has 3 aromatic rings. The average molecular weight is 563 g/mol. The van der Waals surface area contributed by atoms with Crippen molar-refractivity contribution >= 4 is 62.3 Å². The first-order valence-electron chi connectivity index (χ1n) is 9.95. The molecule has 3 rings (SSSR count). The number of hydrogen-bond donors (Lipinski definition) is 1. The van der Waals surface area contributed by atoms with Crippen LogP contribution in [0, 0.1) is 0 Å². The van der Waals surface area contributed by atoms with E-state index in [0.717, 1.165) is 28.8 Å². The molecule has 0 spiro atoms. The lowest BCUT2D eigenvalue weighted by Gasteiger charge is -2.23. The summed E-state index contributed by atoms with van der Waals surface area (Å²) in [6.07, 6.45) is -3.99. The van der Waals surface area contributed by atoms with Gasteiger partial charge in [0.2, 0.25) is 15.9 Å². The van der Waals surface area contributed by atoms with E-state index in [4.69, 9.17) is 23.2 Å². The van der Waals surface area contributed by atoms with Gasteiger partial charge >= 0.3 is 6.18 Å². The number of hydrogen-bond acceptors (Lipinski definition) is 4. The lowest BCUT2D eigenvalue weighted by Crippen LogP contribution is -2.37. The van der Waals surface area contributed by atoms with E-state index in [2.05, 4.69) is 5.32 Å². The number of carbonyl (C=O) groups excluding carboxylic acids is 1. The average Bonchev–Trinajstić information content (AvgIpc) is 2.77. The number of nitrogens with zero attached hydrogens (tertiary/aromatic N) is 1. The molecule has 0 saturated carbocycles. The van der Waals surface area contributed by atoms with Crippen LogP contribution in [0.4, 0.5) is 24.5 Å². The predicted octanol–water partition coefficient (Wildman–Crippen LogP) is 6.71. The highest BCUT2D eigenvalue weighted by Gasteiger charge is 2.34. The van der Waals surface area contributed by atoms with E-state index in [1.54, 1.807) is 36.4 Å². The van der Waals surface area contributed by atoms with E-state index in [1.165, 1.54) is 11.8 Å². The third-order valence-electron chi connectivity index (χ3n) is 4.70.